The first-order chi connectivity index (χ1) is 18.2. The first kappa shape index (κ1) is 23.5. The average molecular weight is 495 g/mol. The van der Waals surface area contributed by atoms with Crippen molar-refractivity contribution in [2.24, 2.45) is 0 Å². The van der Waals surface area contributed by atoms with Crippen LogP contribution in [0.2, 0.25) is 0 Å². The maximum Gasteiger partial charge on any atom is 0.253 e. The van der Waals surface area contributed by atoms with Gasteiger partial charge in [0.1, 0.15) is 11.9 Å². The Morgan fingerprint density at radius 2 is 1.81 bits per heavy atom. The zero-order valence-corrected chi connectivity index (χ0v) is 20.7. The van der Waals surface area contributed by atoms with Crippen LogP contribution in [0.4, 0.5) is 11.5 Å². The molecular weight excluding hydrogens is 464 g/mol. The molecule has 0 aliphatic carbocycles. The minimum Gasteiger partial charge on any atom is -0.368 e. The molecule has 8 nitrogen and oxygen atoms in total. The van der Waals surface area contributed by atoms with Gasteiger partial charge in [-0.05, 0) is 59.9 Å². The Balaban J connectivity index is 1.12. The Labute approximate surface area is 216 Å². The SMILES string of the molecule is O=C(Nc1ccc(-c2ccc3ncc(N4CCN(Cc5cccnc5)CC4)nc3c2)cc1)C1CCCO1. The highest BCUT2D eigenvalue weighted by Gasteiger charge is 2.23. The quantitative estimate of drug-likeness (QED) is 0.431. The number of nitrogens with zero attached hydrogens (tertiary/aromatic N) is 5. The first-order valence-electron chi connectivity index (χ1n) is 12.9. The van der Waals surface area contributed by atoms with Crippen molar-refractivity contribution < 1.29 is 9.53 Å². The largest absolute Gasteiger partial charge is 0.368 e. The number of benzene rings is 2. The monoisotopic (exact) mass is 494 g/mol. The number of ether oxygens (including phenoxy) is 1. The number of pyridine rings is 1. The molecule has 4 aromatic rings. The molecule has 2 saturated heterocycles. The molecule has 1 unspecified atom stereocenters. The summed E-state index contributed by atoms with van der Waals surface area (Å²) in [6.45, 7) is 5.37. The van der Waals surface area contributed by atoms with E-state index in [-0.39, 0.29) is 12.0 Å². The van der Waals surface area contributed by atoms with Gasteiger partial charge in [0.2, 0.25) is 0 Å². The number of amides is 1. The summed E-state index contributed by atoms with van der Waals surface area (Å²) in [5, 5.41) is 2.95. The maximum atomic E-state index is 12.3. The molecule has 6 rings (SSSR count). The lowest BCUT2D eigenvalue weighted by Crippen LogP contribution is -2.46. The molecule has 2 fully saturated rings. The molecule has 2 aromatic heterocycles. The molecule has 1 atom stereocenters. The first-order valence-corrected chi connectivity index (χ1v) is 12.9. The normalized spacial score (nSPS) is 18.3. The molecule has 2 aliphatic rings. The molecule has 8 heteroatoms. The molecule has 4 heterocycles. The predicted molar refractivity (Wildman–Crippen MR) is 144 cm³/mol. The summed E-state index contributed by atoms with van der Waals surface area (Å²) in [4.78, 5) is 30.9. The Morgan fingerprint density at radius 1 is 0.973 bits per heavy atom. The van der Waals surface area contributed by atoms with Gasteiger partial charge in [0.05, 0.1) is 17.2 Å². The van der Waals surface area contributed by atoms with E-state index in [4.69, 9.17) is 9.72 Å². The molecule has 0 saturated carbocycles. The lowest BCUT2D eigenvalue weighted by atomic mass is 10.0. The van der Waals surface area contributed by atoms with Gasteiger partial charge in [-0.25, -0.2) is 4.98 Å². The van der Waals surface area contributed by atoms with Gasteiger partial charge < -0.3 is 15.0 Å². The summed E-state index contributed by atoms with van der Waals surface area (Å²) >= 11 is 0. The van der Waals surface area contributed by atoms with E-state index in [9.17, 15) is 4.79 Å². The zero-order chi connectivity index (χ0) is 25.0. The fourth-order valence-electron chi connectivity index (χ4n) is 4.97. The van der Waals surface area contributed by atoms with Crippen molar-refractivity contribution in [2.75, 3.05) is 43.0 Å². The molecule has 0 spiro atoms. The van der Waals surface area contributed by atoms with Crippen molar-refractivity contribution in [3.8, 4) is 11.1 Å². The van der Waals surface area contributed by atoms with Gasteiger partial charge in [0, 0.05) is 57.4 Å². The van der Waals surface area contributed by atoms with E-state index in [0.717, 1.165) is 79.2 Å². The minimum absolute atomic E-state index is 0.0725. The molecule has 0 bridgehead atoms. The van der Waals surface area contributed by atoms with E-state index in [1.807, 2.05) is 55.0 Å². The van der Waals surface area contributed by atoms with Crippen molar-refractivity contribution in [3.05, 3.63) is 78.8 Å². The smallest absolute Gasteiger partial charge is 0.253 e. The fraction of sp³-hybridized carbons (Fsp3) is 0.310. The highest BCUT2D eigenvalue weighted by Crippen LogP contribution is 2.26. The van der Waals surface area contributed by atoms with Crippen LogP contribution in [0.15, 0.2) is 73.2 Å². The molecule has 37 heavy (non-hydrogen) atoms. The number of anilines is 2. The average Bonchev–Trinajstić information content (AvgIpc) is 3.49. The van der Waals surface area contributed by atoms with Crippen LogP contribution in [0.25, 0.3) is 22.2 Å². The number of fused-ring (bicyclic) bond motifs is 1. The van der Waals surface area contributed by atoms with Crippen LogP contribution < -0.4 is 10.2 Å². The number of hydrogen-bond acceptors (Lipinski definition) is 7. The Hall–Kier alpha value is -3.88. The van der Waals surface area contributed by atoms with Crippen molar-refractivity contribution in [1.82, 2.24) is 19.9 Å². The number of carbonyl (C=O) groups excluding carboxylic acids is 1. The van der Waals surface area contributed by atoms with Crippen molar-refractivity contribution in [1.29, 1.82) is 0 Å². The third-order valence-corrected chi connectivity index (χ3v) is 7.06. The molecule has 188 valence electrons. The van der Waals surface area contributed by atoms with E-state index < -0.39 is 0 Å². The van der Waals surface area contributed by atoms with Gasteiger partial charge >= 0.3 is 0 Å². The van der Waals surface area contributed by atoms with Gasteiger partial charge in [-0.3, -0.25) is 19.7 Å². The summed E-state index contributed by atoms with van der Waals surface area (Å²) in [5.41, 5.74) is 5.90. The molecular formula is C29H30N6O2. The van der Waals surface area contributed by atoms with Crippen LogP contribution in [0.5, 0.6) is 0 Å². The summed E-state index contributed by atoms with van der Waals surface area (Å²) in [6.07, 6.45) is 7.01. The minimum atomic E-state index is -0.336. The second-order valence-corrected chi connectivity index (χ2v) is 9.62. The Bertz CT molecular complexity index is 1360. The zero-order valence-electron chi connectivity index (χ0n) is 20.7. The van der Waals surface area contributed by atoms with E-state index in [0.29, 0.717) is 6.61 Å². The summed E-state index contributed by atoms with van der Waals surface area (Å²) < 4.78 is 5.47. The maximum absolute atomic E-state index is 12.3. The molecule has 0 radical (unpaired) electrons. The number of piperazine rings is 1. The Kier molecular flexibility index (Phi) is 6.75. The number of aromatic nitrogens is 3. The fourth-order valence-corrected chi connectivity index (χ4v) is 4.97. The third-order valence-electron chi connectivity index (χ3n) is 7.06. The van der Waals surface area contributed by atoms with Crippen molar-refractivity contribution in [2.45, 2.75) is 25.5 Å². The lowest BCUT2D eigenvalue weighted by molar-refractivity contribution is -0.124. The molecule has 1 amide bonds. The van der Waals surface area contributed by atoms with Gasteiger partial charge in [-0.1, -0.05) is 24.3 Å². The Morgan fingerprint density at radius 3 is 2.57 bits per heavy atom. The second kappa shape index (κ2) is 10.6. The second-order valence-electron chi connectivity index (χ2n) is 9.62. The van der Waals surface area contributed by atoms with Crippen LogP contribution in [-0.4, -0.2) is 64.6 Å². The third kappa shape index (κ3) is 5.45. The topological polar surface area (TPSA) is 83.5 Å². The molecule has 2 aromatic carbocycles. The van der Waals surface area contributed by atoms with Crippen LogP contribution in [0.1, 0.15) is 18.4 Å². The standard InChI is InChI=1S/C29H30N6O2/c36-29(27-4-2-16-37-27)32-24-8-5-22(6-9-24)23-7-10-25-26(17-23)33-28(19-31-25)35-14-12-34(13-15-35)20-21-3-1-11-30-18-21/h1,3,5-11,17-19,27H,2,4,12-16,20H2,(H,32,36). The van der Waals surface area contributed by atoms with Crippen LogP contribution >= 0.6 is 0 Å². The van der Waals surface area contributed by atoms with E-state index in [2.05, 4.69) is 43.3 Å². The van der Waals surface area contributed by atoms with Gasteiger partial charge in [0.25, 0.3) is 5.91 Å². The van der Waals surface area contributed by atoms with E-state index in [1.165, 1.54) is 5.56 Å². The summed E-state index contributed by atoms with van der Waals surface area (Å²) in [7, 11) is 0. The van der Waals surface area contributed by atoms with Crippen LogP contribution in [-0.2, 0) is 16.1 Å². The van der Waals surface area contributed by atoms with E-state index >= 15 is 0 Å². The summed E-state index contributed by atoms with van der Waals surface area (Å²) in [6, 6.07) is 18.2. The lowest BCUT2D eigenvalue weighted by Gasteiger charge is -2.35. The highest BCUT2D eigenvalue weighted by molar-refractivity contribution is 5.94. The van der Waals surface area contributed by atoms with Crippen LogP contribution in [0, 0.1) is 0 Å². The van der Waals surface area contributed by atoms with Crippen molar-refractivity contribution in [3.63, 3.8) is 0 Å². The molecule has 2 aliphatic heterocycles. The highest BCUT2D eigenvalue weighted by atomic mass is 16.5. The van der Waals surface area contributed by atoms with Crippen molar-refractivity contribution >= 4 is 28.4 Å². The number of rotatable bonds is 6. The number of hydrogen-bond donors (Lipinski definition) is 1. The van der Waals surface area contributed by atoms with E-state index in [1.54, 1.807) is 0 Å². The number of nitrogens with one attached hydrogen (secondary N) is 1. The van der Waals surface area contributed by atoms with Gasteiger partial charge in [-0.2, -0.15) is 0 Å². The van der Waals surface area contributed by atoms with Gasteiger partial charge in [0.15, 0.2) is 0 Å². The summed E-state index contributed by atoms with van der Waals surface area (Å²) in [5.74, 6) is 0.842. The van der Waals surface area contributed by atoms with Gasteiger partial charge in [-0.15, -0.1) is 0 Å². The predicted octanol–water partition coefficient (Wildman–Crippen LogP) is 4.13. The van der Waals surface area contributed by atoms with Crippen LogP contribution in [0.3, 0.4) is 0 Å². The number of carbonyl (C=O) groups is 1. The molecule has 1 N–H and O–H groups in total.